The predicted molar refractivity (Wildman–Crippen MR) is 111 cm³/mol. The van der Waals surface area contributed by atoms with Crippen molar-refractivity contribution in [3.05, 3.63) is 60.1 Å². The monoisotopic (exact) mass is 408 g/mol. The molecule has 4 rings (SSSR count). The number of hydrogen-bond donors (Lipinski definition) is 1. The van der Waals surface area contributed by atoms with Gasteiger partial charge in [-0.3, -0.25) is 9.78 Å². The highest BCUT2D eigenvalue weighted by molar-refractivity contribution is 7.99. The Morgan fingerprint density at radius 2 is 1.93 bits per heavy atom. The minimum Gasteiger partial charge on any atom is -0.304 e. The van der Waals surface area contributed by atoms with Crippen LogP contribution < -0.4 is 5.32 Å². The molecule has 0 atom stereocenters. The van der Waals surface area contributed by atoms with Crippen LogP contribution in [0.3, 0.4) is 0 Å². The van der Waals surface area contributed by atoms with Crippen molar-refractivity contribution in [2.45, 2.75) is 5.16 Å². The van der Waals surface area contributed by atoms with Gasteiger partial charge in [0.15, 0.2) is 16.1 Å². The van der Waals surface area contributed by atoms with Crippen molar-refractivity contribution in [1.82, 2.24) is 24.7 Å². The molecule has 0 aliphatic rings. The zero-order valence-electron chi connectivity index (χ0n) is 14.9. The van der Waals surface area contributed by atoms with Crippen LogP contribution >= 0.6 is 23.1 Å². The number of aromatic nitrogens is 5. The number of anilines is 1. The lowest BCUT2D eigenvalue weighted by Gasteiger charge is -2.03. The van der Waals surface area contributed by atoms with Crippen LogP contribution in [0.15, 0.2) is 65.3 Å². The van der Waals surface area contributed by atoms with Crippen LogP contribution in [0.2, 0.25) is 0 Å². The molecular weight excluding hydrogens is 392 g/mol. The molecule has 140 valence electrons. The van der Waals surface area contributed by atoms with Crippen LogP contribution in [0, 0.1) is 0 Å². The van der Waals surface area contributed by atoms with Gasteiger partial charge in [-0.25, -0.2) is 4.98 Å². The number of nitrogens with zero attached hydrogens (tertiary/aromatic N) is 5. The normalized spacial score (nSPS) is 10.8. The van der Waals surface area contributed by atoms with Gasteiger partial charge >= 0.3 is 0 Å². The Labute approximate surface area is 169 Å². The summed E-state index contributed by atoms with van der Waals surface area (Å²) in [6.07, 6.45) is 1.71. The molecule has 3 aromatic heterocycles. The van der Waals surface area contributed by atoms with E-state index in [1.54, 1.807) is 6.20 Å². The van der Waals surface area contributed by atoms with E-state index in [2.05, 4.69) is 25.5 Å². The van der Waals surface area contributed by atoms with Gasteiger partial charge < -0.3 is 9.88 Å². The Bertz CT molecular complexity index is 1080. The van der Waals surface area contributed by atoms with E-state index in [0.717, 1.165) is 17.0 Å². The number of pyridine rings is 1. The largest absolute Gasteiger partial charge is 0.304 e. The summed E-state index contributed by atoms with van der Waals surface area (Å²) in [6.45, 7) is 0. The van der Waals surface area contributed by atoms with Gasteiger partial charge in [-0.15, -0.1) is 21.5 Å². The number of benzene rings is 1. The molecule has 4 aromatic rings. The van der Waals surface area contributed by atoms with Gasteiger partial charge in [-0.05, 0) is 12.1 Å². The van der Waals surface area contributed by atoms with Gasteiger partial charge in [-0.2, -0.15) is 0 Å². The van der Waals surface area contributed by atoms with Crippen molar-refractivity contribution < 1.29 is 4.79 Å². The van der Waals surface area contributed by atoms with Gasteiger partial charge in [0.1, 0.15) is 5.69 Å². The fourth-order valence-corrected chi connectivity index (χ4v) is 3.96. The number of amides is 1. The zero-order valence-corrected chi connectivity index (χ0v) is 16.6. The Balaban J connectivity index is 1.37. The highest BCUT2D eigenvalue weighted by Gasteiger charge is 2.14. The molecule has 3 heterocycles. The summed E-state index contributed by atoms with van der Waals surface area (Å²) in [5.41, 5.74) is 2.61. The number of carbonyl (C=O) groups excluding carboxylic acids is 1. The third kappa shape index (κ3) is 4.10. The van der Waals surface area contributed by atoms with E-state index >= 15 is 0 Å². The van der Waals surface area contributed by atoms with Gasteiger partial charge in [0.05, 0.1) is 11.4 Å². The molecule has 7 nitrogen and oxygen atoms in total. The molecule has 0 bridgehead atoms. The molecule has 0 fully saturated rings. The quantitative estimate of drug-likeness (QED) is 0.489. The molecule has 1 N–H and O–H groups in total. The van der Waals surface area contributed by atoms with Gasteiger partial charge in [0.25, 0.3) is 0 Å². The molecule has 0 spiro atoms. The van der Waals surface area contributed by atoms with Crippen molar-refractivity contribution >= 4 is 34.1 Å². The summed E-state index contributed by atoms with van der Waals surface area (Å²) < 4.78 is 1.83. The third-order valence-corrected chi connectivity index (χ3v) is 5.66. The maximum Gasteiger partial charge on any atom is 0.236 e. The fraction of sp³-hybridized carbons (Fsp3) is 0.105. The maximum absolute atomic E-state index is 12.3. The second-order valence-electron chi connectivity index (χ2n) is 5.82. The zero-order chi connectivity index (χ0) is 19.3. The summed E-state index contributed by atoms with van der Waals surface area (Å²) in [7, 11) is 1.86. The smallest absolute Gasteiger partial charge is 0.236 e. The summed E-state index contributed by atoms with van der Waals surface area (Å²) in [5, 5.41) is 14.3. The van der Waals surface area contributed by atoms with Crippen molar-refractivity contribution in [1.29, 1.82) is 0 Å². The van der Waals surface area contributed by atoms with Gasteiger partial charge in [0, 0.05) is 24.2 Å². The van der Waals surface area contributed by atoms with E-state index in [9.17, 15) is 4.79 Å². The van der Waals surface area contributed by atoms with Crippen LogP contribution in [0.1, 0.15) is 0 Å². The summed E-state index contributed by atoms with van der Waals surface area (Å²) in [5.74, 6) is 0.742. The second kappa shape index (κ2) is 8.32. The fourth-order valence-electron chi connectivity index (χ4n) is 2.52. The van der Waals surface area contributed by atoms with E-state index in [0.29, 0.717) is 16.1 Å². The lowest BCUT2D eigenvalue weighted by atomic mass is 10.2. The first-order valence-corrected chi connectivity index (χ1v) is 10.3. The highest BCUT2D eigenvalue weighted by Crippen LogP contribution is 2.25. The molecule has 0 saturated heterocycles. The Hall–Kier alpha value is -3.04. The van der Waals surface area contributed by atoms with E-state index in [1.807, 2.05) is 65.5 Å². The van der Waals surface area contributed by atoms with Crippen molar-refractivity contribution in [3.63, 3.8) is 0 Å². The van der Waals surface area contributed by atoms with Crippen LogP contribution in [-0.4, -0.2) is 36.4 Å². The Morgan fingerprint density at radius 3 is 2.71 bits per heavy atom. The summed E-state index contributed by atoms with van der Waals surface area (Å²) in [6, 6.07) is 15.5. The molecule has 0 aliphatic carbocycles. The maximum atomic E-state index is 12.3. The van der Waals surface area contributed by atoms with Crippen molar-refractivity contribution in [2.24, 2.45) is 7.05 Å². The molecule has 28 heavy (non-hydrogen) atoms. The molecule has 1 aromatic carbocycles. The lowest BCUT2D eigenvalue weighted by molar-refractivity contribution is -0.113. The molecular formula is C19H16N6OS2. The summed E-state index contributed by atoms with van der Waals surface area (Å²) in [4.78, 5) is 21.0. The number of rotatable bonds is 6. The first kappa shape index (κ1) is 18.3. The molecule has 0 saturated carbocycles. The van der Waals surface area contributed by atoms with Crippen LogP contribution in [0.25, 0.3) is 22.8 Å². The number of carbonyl (C=O) groups is 1. The van der Waals surface area contributed by atoms with Crippen LogP contribution in [0.5, 0.6) is 0 Å². The van der Waals surface area contributed by atoms with Crippen LogP contribution in [0.4, 0.5) is 5.13 Å². The van der Waals surface area contributed by atoms with E-state index in [4.69, 9.17) is 0 Å². The minimum absolute atomic E-state index is 0.138. The van der Waals surface area contributed by atoms with E-state index in [1.165, 1.54) is 23.1 Å². The van der Waals surface area contributed by atoms with Crippen LogP contribution in [-0.2, 0) is 11.8 Å². The Kier molecular flexibility index (Phi) is 5.45. The standard InChI is InChI=1S/C19H16N6OS2/c1-25-17(14-9-5-6-10-20-14)23-24-19(25)28-12-16(26)22-18-21-15(11-27-18)13-7-3-2-4-8-13/h2-11H,12H2,1H3,(H,21,22,26). The van der Waals surface area contributed by atoms with E-state index < -0.39 is 0 Å². The Morgan fingerprint density at radius 1 is 1.11 bits per heavy atom. The lowest BCUT2D eigenvalue weighted by Crippen LogP contribution is -2.14. The molecule has 0 radical (unpaired) electrons. The first-order valence-electron chi connectivity index (χ1n) is 8.45. The predicted octanol–water partition coefficient (Wildman–Crippen LogP) is 3.73. The first-order chi connectivity index (χ1) is 13.7. The average molecular weight is 409 g/mol. The second-order valence-corrected chi connectivity index (χ2v) is 7.62. The highest BCUT2D eigenvalue weighted by atomic mass is 32.2. The SMILES string of the molecule is Cn1c(SCC(=O)Nc2nc(-c3ccccc3)cs2)nnc1-c1ccccn1. The minimum atomic E-state index is -0.138. The number of nitrogens with one attached hydrogen (secondary N) is 1. The molecule has 0 unspecified atom stereocenters. The van der Waals surface area contributed by atoms with Gasteiger partial charge in [0.2, 0.25) is 5.91 Å². The van der Waals surface area contributed by atoms with E-state index in [-0.39, 0.29) is 11.7 Å². The molecule has 1 amide bonds. The summed E-state index contributed by atoms with van der Waals surface area (Å²) >= 11 is 2.72. The molecule has 9 heteroatoms. The molecule has 0 aliphatic heterocycles. The topological polar surface area (TPSA) is 85.6 Å². The number of hydrogen-bond acceptors (Lipinski definition) is 7. The van der Waals surface area contributed by atoms with Crippen molar-refractivity contribution in [2.75, 3.05) is 11.1 Å². The van der Waals surface area contributed by atoms with Gasteiger partial charge in [-0.1, -0.05) is 48.2 Å². The third-order valence-electron chi connectivity index (χ3n) is 3.88. The number of thioether (sulfide) groups is 1. The number of thiazole rings is 1. The average Bonchev–Trinajstić information content (AvgIpc) is 3.34. The van der Waals surface area contributed by atoms with Crippen molar-refractivity contribution in [3.8, 4) is 22.8 Å².